The van der Waals surface area contributed by atoms with Gasteiger partial charge in [0.2, 0.25) is 0 Å². The Kier molecular flexibility index (Phi) is 10.8. The van der Waals surface area contributed by atoms with Gasteiger partial charge in [-0.25, -0.2) is 0 Å². The monoisotopic (exact) mass is 470 g/mol. The molecule has 8 heteroatoms. The second-order valence-electron chi connectivity index (χ2n) is 8.00. The first-order valence-corrected chi connectivity index (χ1v) is 11.7. The average Bonchev–Trinajstić information content (AvgIpc) is 2.81. The number of ether oxygens (including phenoxy) is 1. The Morgan fingerprint density at radius 1 is 1.00 bits per heavy atom. The number of nitrogens with zero attached hydrogens (tertiary/aromatic N) is 1. The maximum absolute atomic E-state index is 12.5. The van der Waals surface area contributed by atoms with Gasteiger partial charge in [-0.3, -0.25) is 14.9 Å². The molecule has 7 nitrogen and oxygen atoms in total. The minimum Gasteiger partial charge on any atom is -0.493 e. The fourth-order valence-corrected chi connectivity index (χ4v) is 3.21. The molecule has 2 rings (SSSR count). The van der Waals surface area contributed by atoms with E-state index in [2.05, 4.69) is 48.5 Å². The Bertz CT molecular complexity index is 928. The number of anilines is 1. The van der Waals surface area contributed by atoms with Gasteiger partial charge in [0.15, 0.2) is 5.11 Å². The third kappa shape index (κ3) is 9.19. The summed E-state index contributed by atoms with van der Waals surface area (Å²) < 4.78 is 5.67. The zero-order chi connectivity index (χ0) is 24.2. The van der Waals surface area contributed by atoms with Gasteiger partial charge in [0.25, 0.3) is 11.8 Å². The van der Waals surface area contributed by atoms with E-state index in [1.54, 1.807) is 42.5 Å². The van der Waals surface area contributed by atoms with E-state index in [0.29, 0.717) is 41.6 Å². The predicted molar refractivity (Wildman–Crippen MR) is 137 cm³/mol. The van der Waals surface area contributed by atoms with Crippen molar-refractivity contribution < 1.29 is 14.3 Å². The van der Waals surface area contributed by atoms with E-state index < -0.39 is 0 Å². The van der Waals surface area contributed by atoms with Gasteiger partial charge >= 0.3 is 0 Å². The lowest BCUT2D eigenvalue weighted by molar-refractivity contribution is 0.0947. The highest BCUT2D eigenvalue weighted by molar-refractivity contribution is 7.80. The Hall–Kier alpha value is -2.97. The molecule has 0 aliphatic carbocycles. The van der Waals surface area contributed by atoms with Crippen LogP contribution in [0.1, 0.15) is 48.4 Å². The second kappa shape index (κ2) is 13.5. The van der Waals surface area contributed by atoms with E-state index in [1.165, 1.54) is 0 Å². The highest BCUT2D eigenvalue weighted by Gasteiger charge is 2.11. The molecular weight excluding hydrogens is 436 g/mol. The van der Waals surface area contributed by atoms with Gasteiger partial charge in [0.1, 0.15) is 5.75 Å². The largest absolute Gasteiger partial charge is 0.493 e. The number of benzene rings is 2. The molecule has 178 valence electrons. The van der Waals surface area contributed by atoms with E-state index in [0.717, 1.165) is 19.6 Å². The van der Waals surface area contributed by atoms with Crippen molar-refractivity contribution in [2.75, 3.05) is 38.1 Å². The van der Waals surface area contributed by atoms with Crippen molar-refractivity contribution in [2.24, 2.45) is 5.92 Å². The summed E-state index contributed by atoms with van der Waals surface area (Å²) in [7, 11) is 0. The van der Waals surface area contributed by atoms with Crippen LogP contribution in [-0.2, 0) is 0 Å². The molecule has 0 atom stereocenters. The van der Waals surface area contributed by atoms with Crippen LogP contribution in [0.2, 0.25) is 0 Å². The number of hydrogen-bond donors (Lipinski definition) is 3. The van der Waals surface area contributed by atoms with Gasteiger partial charge in [-0.2, -0.15) is 0 Å². The van der Waals surface area contributed by atoms with E-state index in [9.17, 15) is 9.59 Å². The first-order chi connectivity index (χ1) is 15.8. The molecule has 0 fully saturated rings. The van der Waals surface area contributed by atoms with Crippen LogP contribution in [0.5, 0.6) is 5.75 Å². The Balaban J connectivity index is 1.85. The number of nitrogens with one attached hydrogen (secondary N) is 3. The molecule has 0 bridgehead atoms. The second-order valence-corrected chi connectivity index (χ2v) is 8.41. The molecule has 2 aromatic rings. The number of carbonyl (C=O) groups is 2. The summed E-state index contributed by atoms with van der Waals surface area (Å²) in [4.78, 5) is 27.1. The molecule has 0 saturated heterocycles. The van der Waals surface area contributed by atoms with Crippen molar-refractivity contribution in [3.8, 4) is 5.75 Å². The van der Waals surface area contributed by atoms with Crippen molar-refractivity contribution in [3.63, 3.8) is 0 Å². The number of likely N-dealkylation sites (N-methyl/N-ethyl adjacent to an activating group) is 1. The summed E-state index contributed by atoms with van der Waals surface area (Å²) in [5, 5.41) is 8.73. The number of amides is 2. The van der Waals surface area contributed by atoms with Gasteiger partial charge in [-0.1, -0.05) is 33.8 Å². The van der Waals surface area contributed by atoms with E-state index in [1.807, 2.05) is 6.07 Å². The summed E-state index contributed by atoms with van der Waals surface area (Å²) in [6, 6.07) is 13.9. The molecule has 0 unspecified atom stereocenters. The van der Waals surface area contributed by atoms with Gasteiger partial charge in [-0.15, -0.1) is 0 Å². The minimum atomic E-state index is -0.327. The number of thiocarbonyl (C=S) groups is 1. The van der Waals surface area contributed by atoms with E-state index in [-0.39, 0.29) is 16.9 Å². The summed E-state index contributed by atoms with van der Waals surface area (Å²) in [5.74, 6) is 0.584. The van der Waals surface area contributed by atoms with E-state index >= 15 is 0 Å². The first kappa shape index (κ1) is 26.3. The van der Waals surface area contributed by atoms with Crippen LogP contribution in [0.4, 0.5) is 5.69 Å². The Morgan fingerprint density at radius 2 is 1.70 bits per heavy atom. The molecule has 0 spiro atoms. The van der Waals surface area contributed by atoms with Crippen LogP contribution in [0.15, 0.2) is 48.5 Å². The van der Waals surface area contributed by atoms with Crippen molar-refractivity contribution in [1.29, 1.82) is 0 Å². The summed E-state index contributed by atoms with van der Waals surface area (Å²) in [5.41, 5.74) is 1.69. The van der Waals surface area contributed by atoms with Crippen LogP contribution in [0, 0.1) is 5.92 Å². The third-order valence-electron chi connectivity index (χ3n) is 4.92. The molecule has 33 heavy (non-hydrogen) atoms. The Labute approximate surface area is 201 Å². The smallest absolute Gasteiger partial charge is 0.257 e. The number of hydrogen-bond acceptors (Lipinski definition) is 5. The van der Waals surface area contributed by atoms with Crippen molar-refractivity contribution in [2.45, 2.75) is 27.7 Å². The molecular formula is C25H34N4O3S. The zero-order valence-corrected chi connectivity index (χ0v) is 20.6. The summed E-state index contributed by atoms with van der Waals surface area (Å²) >= 11 is 5.26. The lowest BCUT2D eigenvalue weighted by Gasteiger charge is -2.18. The number of rotatable bonds is 11. The van der Waals surface area contributed by atoms with Crippen molar-refractivity contribution in [1.82, 2.24) is 15.5 Å². The molecule has 0 heterocycles. The highest BCUT2D eigenvalue weighted by atomic mass is 32.1. The van der Waals surface area contributed by atoms with Gasteiger partial charge in [0, 0.05) is 29.9 Å². The quantitative estimate of drug-likeness (QED) is 0.432. The van der Waals surface area contributed by atoms with Crippen molar-refractivity contribution >= 4 is 34.8 Å². The summed E-state index contributed by atoms with van der Waals surface area (Å²) in [6.07, 6.45) is 0. The lowest BCUT2D eigenvalue weighted by Crippen LogP contribution is -2.35. The van der Waals surface area contributed by atoms with Crippen LogP contribution < -0.4 is 20.7 Å². The third-order valence-corrected chi connectivity index (χ3v) is 5.12. The van der Waals surface area contributed by atoms with Crippen molar-refractivity contribution in [3.05, 3.63) is 59.7 Å². The van der Waals surface area contributed by atoms with Gasteiger partial charge in [0.05, 0.1) is 6.61 Å². The van der Waals surface area contributed by atoms with E-state index in [4.69, 9.17) is 17.0 Å². The van der Waals surface area contributed by atoms with Crippen LogP contribution in [0.3, 0.4) is 0 Å². The molecule has 2 amide bonds. The standard InChI is InChI=1S/C25H34N4O3S/c1-5-29(6-2)15-14-26-23(30)19-10-12-21(13-11-19)27-25(33)28-24(31)20-8-7-9-22(16-20)32-17-18(3)4/h7-13,16,18H,5-6,14-15,17H2,1-4H3,(H,26,30)(H2,27,28,31,33). The molecule has 0 radical (unpaired) electrons. The molecule has 2 aromatic carbocycles. The molecule has 0 saturated carbocycles. The minimum absolute atomic E-state index is 0.121. The van der Waals surface area contributed by atoms with Gasteiger partial charge < -0.3 is 20.3 Å². The number of carbonyl (C=O) groups excluding carboxylic acids is 2. The highest BCUT2D eigenvalue weighted by Crippen LogP contribution is 2.15. The topological polar surface area (TPSA) is 82.7 Å². The molecule has 0 aliphatic rings. The SMILES string of the molecule is CCN(CC)CCNC(=O)c1ccc(NC(=S)NC(=O)c2cccc(OCC(C)C)c2)cc1. The zero-order valence-electron chi connectivity index (χ0n) is 19.8. The fraction of sp³-hybridized carbons (Fsp3) is 0.400. The Morgan fingerprint density at radius 3 is 2.33 bits per heavy atom. The molecule has 3 N–H and O–H groups in total. The maximum Gasteiger partial charge on any atom is 0.257 e. The first-order valence-electron chi connectivity index (χ1n) is 11.3. The van der Waals surface area contributed by atoms with Gasteiger partial charge in [-0.05, 0) is 73.7 Å². The molecule has 0 aliphatic heterocycles. The maximum atomic E-state index is 12.5. The summed E-state index contributed by atoms with van der Waals surface area (Å²) in [6.45, 7) is 12.2. The van der Waals surface area contributed by atoms with Crippen LogP contribution in [0.25, 0.3) is 0 Å². The fourth-order valence-electron chi connectivity index (χ4n) is 3.00. The predicted octanol–water partition coefficient (Wildman–Crippen LogP) is 3.92. The van der Waals surface area contributed by atoms with Crippen LogP contribution in [-0.4, -0.2) is 54.6 Å². The normalized spacial score (nSPS) is 10.7. The molecule has 0 aromatic heterocycles. The van der Waals surface area contributed by atoms with Crippen LogP contribution >= 0.6 is 12.2 Å². The lowest BCUT2D eigenvalue weighted by atomic mass is 10.2. The average molecular weight is 471 g/mol.